The standard InChI is InChI=1S/C14H14BrNO/c1-9-6-7-11(15)8-13(9)17-12-5-3-4-10(2)14(12)16/h3-8H,16H2,1-2H3. The fourth-order valence-electron chi connectivity index (χ4n) is 1.55. The van der Waals surface area contributed by atoms with Crippen LogP contribution in [0, 0.1) is 13.8 Å². The molecule has 0 aromatic heterocycles. The molecule has 0 atom stereocenters. The summed E-state index contributed by atoms with van der Waals surface area (Å²) in [4.78, 5) is 0. The zero-order valence-corrected chi connectivity index (χ0v) is 11.4. The Morgan fingerprint density at radius 1 is 1.00 bits per heavy atom. The van der Waals surface area contributed by atoms with Gasteiger partial charge in [0.2, 0.25) is 0 Å². The van der Waals surface area contributed by atoms with Crippen LogP contribution in [0.1, 0.15) is 11.1 Å². The molecule has 0 aliphatic rings. The SMILES string of the molecule is Cc1ccc(Br)cc1Oc1cccc(C)c1N. The fraction of sp³-hybridized carbons (Fsp3) is 0.143. The number of para-hydroxylation sites is 1. The third kappa shape index (κ3) is 2.61. The Labute approximate surface area is 110 Å². The Morgan fingerprint density at radius 2 is 1.76 bits per heavy atom. The summed E-state index contributed by atoms with van der Waals surface area (Å²) < 4.78 is 6.84. The van der Waals surface area contributed by atoms with Gasteiger partial charge in [0.15, 0.2) is 5.75 Å². The van der Waals surface area contributed by atoms with Crippen LogP contribution in [0.15, 0.2) is 40.9 Å². The number of nitrogen functional groups attached to an aromatic ring is 1. The molecule has 88 valence electrons. The fourth-order valence-corrected chi connectivity index (χ4v) is 1.89. The molecular formula is C14H14BrNO. The lowest BCUT2D eigenvalue weighted by Crippen LogP contribution is -1.95. The second kappa shape index (κ2) is 4.80. The maximum atomic E-state index is 5.98. The molecule has 0 amide bonds. The Bertz CT molecular complexity index is 552. The van der Waals surface area contributed by atoms with Crippen molar-refractivity contribution in [2.45, 2.75) is 13.8 Å². The Balaban J connectivity index is 2.38. The summed E-state index contributed by atoms with van der Waals surface area (Å²) in [5.41, 5.74) is 8.77. The summed E-state index contributed by atoms with van der Waals surface area (Å²) in [5, 5.41) is 0. The molecule has 0 unspecified atom stereocenters. The summed E-state index contributed by atoms with van der Waals surface area (Å²) in [6.07, 6.45) is 0. The van der Waals surface area contributed by atoms with Gasteiger partial charge in [-0.1, -0.05) is 34.1 Å². The molecule has 3 heteroatoms. The molecule has 0 aliphatic carbocycles. The summed E-state index contributed by atoms with van der Waals surface area (Å²) in [7, 11) is 0. The molecule has 0 spiro atoms. The van der Waals surface area contributed by atoms with Gasteiger partial charge in [-0.2, -0.15) is 0 Å². The number of anilines is 1. The van der Waals surface area contributed by atoms with Crippen molar-refractivity contribution in [2.75, 3.05) is 5.73 Å². The van der Waals surface area contributed by atoms with Crippen LogP contribution in [0.25, 0.3) is 0 Å². The molecule has 2 nitrogen and oxygen atoms in total. The van der Waals surface area contributed by atoms with Gasteiger partial charge in [0.05, 0.1) is 5.69 Å². The summed E-state index contributed by atoms with van der Waals surface area (Å²) >= 11 is 3.43. The Morgan fingerprint density at radius 3 is 2.53 bits per heavy atom. The highest BCUT2D eigenvalue weighted by molar-refractivity contribution is 9.10. The first-order valence-electron chi connectivity index (χ1n) is 5.37. The Kier molecular flexibility index (Phi) is 3.38. The minimum atomic E-state index is 0.687. The van der Waals surface area contributed by atoms with Crippen molar-refractivity contribution < 1.29 is 4.74 Å². The van der Waals surface area contributed by atoms with Gasteiger partial charge in [-0.25, -0.2) is 0 Å². The highest BCUT2D eigenvalue weighted by atomic mass is 79.9. The van der Waals surface area contributed by atoms with Crippen LogP contribution in [0.2, 0.25) is 0 Å². The van der Waals surface area contributed by atoms with Crippen LogP contribution < -0.4 is 10.5 Å². The van der Waals surface area contributed by atoms with E-state index >= 15 is 0 Å². The zero-order chi connectivity index (χ0) is 12.4. The number of nitrogens with two attached hydrogens (primary N) is 1. The average Bonchev–Trinajstić information content (AvgIpc) is 2.30. The molecule has 0 radical (unpaired) electrons. The molecular weight excluding hydrogens is 278 g/mol. The first-order valence-corrected chi connectivity index (χ1v) is 6.16. The first-order chi connectivity index (χ1) is 8.08. The number of rotatable bonds is 2. The largest absolute Gasteiger partial charge is 0.455 e. The van der Waals surface area contributed by atoms with E-state index in [1.165, 1.54) is 0 Å². The summed E-state index contributed by atoms with van der Waals surface area (Å²) in [5.74, 6) is 1.52. The number of benzene rings is 2. The third-order valence-electron chi connectivity index (χ3n) is 2.65. The second-order valence-electron chi connectivity index (χ2n) is 4.00. The summed E-state index contributed by atoms with van der Waals surface area (Å²) in [6, 6.07) is 11.7. The smallest absolute Gasteiger partial charge is 0.150 e. The van der Waals surface area contributed by atoms with Gasteiger partial charge in [0.1, 0.15) is 5.75 Å². The molecule has 2 N–H and O–H groups in total. The summed E-state index contributed by atoms with van der Waals surface area (Å²) in [6.45, 7) is 3.98. The van der Waals surface area contributed by atoms with E-state index in [4.69, 9.17) is 10.5 Å². The Hall–Kier alpha value is -1.48. The van der Waals surface area contributed by atoms with Gasteiger partial charge >= 0.3 is 0 Å². The topological polar surface area (TPSA) is 35.2 Å². The predicted molar refractivity (Wildman–Crippen MR) is 74.5 cm³/mol. The monoisotopic (exact) mass is 291 g/mol. The van der Waals surface area contributed by atoms with E-state index in [0.29, 0.717) is 11.4 Å². The van der Waals surface area contributed by atoms with Crippen LogP contribution in [0.5, 0.6) is 11.5 Å². The second-order valence-corrected chi connectivity index (χ2v) is 4.91. The molecule has 0 saturated heterocycles. The van der Waals surface area contributed by atoms with E-state index in [1.54, 1.807) is 0 Å². The van der Waals surface area contributed by atoms with Gasteiger partial charge in [-0.15, -0.1) is 0 Å². The minimum Gasteiger partial charge on any atom is -0.455 e. The van der Waals surface area contributed by atoms with Crippen LogP contribution in [-0.4, -0.2) is 0 Å². The maximum Gasteiger partial charge on any atom is 0.150 e. The predicted octanol–water partition coefficient (Wildman–Crippen LogP) is 4.44. The molecule has 0 fully saturated rings. The van der Waals surface area contributed by atoms with Crippen LogP contribution >= 0.6 is 15.9 Å². The number of hydrogen-bond donors (Lipinski definition) is 1. The zero-order valence-electron chi connectivity index (χ0n) is 9.83. The van der Waals surface area contributed by atoms with Gasteiger partial charge in [0, 0.05) is 4.47 Å². The van der Waals surface area contributed by atoms with Crippen molar-refractivity contribution in [3.05, 3.63) is 52.0 Å². The van der Waals surface area contributed by atoms with E-state index < -0.39 is 0 Å². The van der Waals surface area contributed by atoms with Gasteiger partial charge < -0.3 is 10.5 Å². The minimum absolute atomic E-state index is 0.687. The van der Waals surface area contributed by atoms with Gasteiger partial charge in [0.25, 0.3) is 0 Å². The van der Waals surface area contributed by atoms with Crippen LogP contribution in [0.3, 0.4) is 0 Å². The molecule has 2 aromatic rings. The number of ether oxygens (including phenoxy) is 1. The molecule has 17 heavy (non-hydrogen) atoms. The first kappa shape index (κ1) is 12.0. The normalized spacial score (nSPS) is 10.3. The molecule has 2 rings (SSSR count). The van der Waals surface area contributed by atoms with Crippen molar-refractivity contribution in [1.82, 2.24) is 0 Å². The highest BCUT2D eigenvalue weighted by Gasteiger charge is 2.06. The van der Waals surface area contributed by atoms with Crippen LogP contribution in [-0.2, 0) is 0 Å². The quantitative estimate of drug-likeness (QED) is 0.830. The van der Waals surface area contributed by atoms with E-state index in [9.17, 15) is 0 Å². The molecule has 0 aliphatic heterocycles. The number of hydrogen-bond acceptors (Lipinski definition) is 2. The molecule has 2 aromatic carbocycles. The highest BCUT2D eigenvalue weighted by Crippen LogP contribution is 2.32. The third-order valence-corrected chi connectivity index (χ3v) is 3.15. The van der Waals surface area contributed by atoms with Crippen molar-refractivity contribution >= 4 is 21.6 Å². The lowest BCUT2D eigenvalue weighted by molar-refractivity contribution is 0.480. The van der Waals surface area contributed by atoms with E-state index in [2.05, 4.69) is 15.9 Å². The lowest BCUT2D eigenvalue weighted by atomic mass is 10.2. The number of aryl methyl sites for hydroxylation is 2. The molecule has 0 bridgehead atoms. The average molecular weight is 292 g/mol. The van der Waals surface area contributed by atoms with E-state index in [-0.39, 0.29) is 0 Å². The van der Waals surface area contributed by atoms with Crippen molar-refractivity contribution in [3.63, 3.8) is 0 Å². The maximum absolute atomic E-state index is 5.98. The van der Waals surface area contributed by atoms with Crippen LogP contribution in [0.4, 0.5) is 5.69 Å². The van der Waals surface area contributed by atoms with Gasteiger partial charge in [-0.3, -0.25) is 0 Å². The van der Waals surface area contributed by atoms with Crippen molar-refractivity contribution in [2.24, 2.45) is 0 Å². The van der Waals surface area contributed by atoms with Gasteiger partial charge in [-0.05, 0) is 43.2 Å². The van der Waals surface area contributed by atoms with E-state index in [1.807, 2.05) is 50.2 Å². The van der Waals surface area contributed by atoms with Crippen molar-refractivity contribution in [1.29, 1.82) is 0 Å². The number of halogens is 1. The van der Waals surface area contributed by atoms with E-state index in [0.717, 1.165) is 21.3 Å². The van der Waals surface area contributed by atoms with Crippen molar-refractivity contribution in [3.8, 4) is 11.5 Å². The lowest BCUT2D eigenvalue weighted by Gasteiger charge is -2.12. The molecule has 0 saturated carbocycles. The molecule has 0 heterocycles.